The normalized spacial score (nSPS) is 13.6. The van der Waals surface area contributed by atoms with E-state index >= 15 is 0 Å². The maximum Gasteiger partial charge on any atom is 0.338 e. The molecule has 0 unspecified atom stereocenters. The molecule has 1 atom stereocenters. The molecule has 7 nitrogen and oxygen atoms in total. The van der Waals surface area contributed by atoms with Crippen molar-refractivity contribution in [1.29, 1.82) is 0 Å². The SMILES string of the molecule is Cc1nc2ccccc2c2c1C(=O)N(c1cccc(C(=O)O[C@@H](C)C(=O)c3ccccc3)c1)C2=O. The Morgan fingerprint density at radius 2 is 1.49 bits per heavy atom. The highest BCUT2D eigenvalue weighted by Crippen LogP contribution is 2.34. The van der Waals surface area contributed by atoms with Crippen LogP contribution in [0.15, 0.2) is 78.9 Å². The first-order valence-electron chi connectivity index (χ1n) is 11.0. The van der Waals surface area contributed by atoms with Crippen LogP contribution in [0.3, 0.4) is 0 Å². The van der Waals surface area contributed by atoms with E-state index in [1.54, 1.807) is 67.6 Å². The topological polar surface area (TPSA) is 93.6 Å². The Kier molecular flexibility index (Phi) is 5.45. The highest BCUT2D eigenvalue weighted by Gasteiger charge is 2.40. The molecule has 1 aliphatic heterocycles. The first kappa shape index (κ1) is 22.2. The van der Waals surface area contributed by atoms with Crippen molar-refractivity contribution < 1.29 is 23.9 Å². The predicted molar refractivity (Wildman–Crippen MR) is 130 cm³/mol. The number of nitrogens with zero attached hydrogens (tertiary/aromatic N) is 2. The highest BCUT2D eigenvalue weighted by atomic mass is 16.5. The van der Waals surface area contributed by atoms with Crippen LogP contribution in [0, 0.1) is 6.92 Å². The Morgan fingerprint density at radius 3 is 2.26 bits per heavy atom. The molecular weight excluding hydrogens is 444 g/mol. The number of Topliss-reactive ketones (excluding diaryl/α,β-unsaturated/α-hetero) is 1. The van der Waals surface area contributed by atoms with Gasteiger partial charge in [-0.05, 0) is 38.1 Å². The number of aromatic nitrogens is 1. The van der Waals surface area contributed by atoms with Crippen LogP contribution >= 0.6 is 0 Å². The van der Waals surface area contributed by atoms with Crippen molar-refractivity contribution in [3.63, 3.8) is 0 Å². The third-order valence-corrected chi connectivity index (χ3v) is 5.96. The number of fused-ring (bicyclic) bond motifs is 3. The number of aryl methyl sites for hydroxylation is 1. The van der Waals surface area contributed by atoms with E-state index in [0.717, 1.165) is 4.90 Å². The number of amides is 2. The third kappa shape index (κ3) is 3.77. The summed E-state index contributed by atoms with van der Waals surface area (Å²) in [4.78, 5) is 57.5. The quantitative estimate of drug-likeness (QED) is 0.240. The van der Waals surface area contributed by atoms with E-state index in [0.29, 0.717) is 27.7 Å². The van der Waals surface area contributed by atoms with Gasteiger partial charge in [0, 0.05) is 10.9 Å². The van der Waals surface area contributed by atoms with Crippen LogP contribution in [-0.2, 0) is 4.74 Å². The fourth-order valence-corrected chi connectivity index (χ4v) is 4.26. The van der Waals surface area contributed by atoms with Crippen LogP contribution in [0.1, 0.15) is 54.0 Å². The number of pyridine rings is 1. The predicted octanol–water partition coefficient (Wildman–Crippen LogP) is 4.77. The minimum absolute atomic E-state index is 0.117. The number of carbonyl (C=O) groups is 4. The number of rotatable bonds is 5. The summed E-state index contributed by atoms with van der Waals surface area (Å²) in [6, 6.07) is 21.7. The number of hydrogen-bond acceptors (Lipinski definition) is 6. The molecule has 0 saturated heterocycles. The summed E-state index contributed by atoms with van der Waals surface area (Å²) in [6.07, 6.45) is -1.01. The number of imide groups is 1. The maximum absolute atomic E-state index is 13.4. The Morgan fingerprint density at radius 1 is 0.829 bits per heavy atom. The van der Waals surface area contributed by atoms with Crippen molar-refractivity contribution in [2.24, 2.45) is 0 Å². The molecule has 2 amide bonds. The summed E-state index contributed by atoms with van der Waals surface area (Å²) in [5.41, 5.74) is 2.42. The van der Waals surface area contributed by atoms with Gasteiger partial charge in [-0.2, -0.15) is 0 Å². The molecule has 0 aliphatic carbocycles. The highest BCUT2D eigenvalue weighted by molar-refractivity contribution is 6.37. The molecule has 4 aromatic rings. The van der Waals surface area contributed by atoms with Crippen molar-refractivity contribution in [2.75, 3.05) is 4.90 Å². The molecular formula is C28H20N2O5. The van der Waals surface area contributed by atoms with E-state index in [2.05, 4.69) is 4.98 Å². The van der Waals surface area contributed by atoms with Gasteiger partial charge in [0.25, 0.3) is 11.8 Å². The van der Waals surface area contributed by atoms with Crippen molar-refractivity contribution in [2.45, 2.75) is 20.0 Å². The van der Waals surface area contributed by atoms with Gasteiger partial charge in [0.2, 0.25) is 5.78 Å². The van der Waals surface area contributed by atoms with Crippen LogP contribution < -0.4 is 4.90 Å². The number of ketones is 1. The van der Waals surface area contributed by atoms with Gasteiger partial charge in [-0.1, -0.05) is 54.6 Å². The molecule has 0 fully saturated rings. The zero-order valence-corrected chi connectivity index (χ0v) is 19.0. The van der Waals surface area contributed by atoms with Gasteiger partial charge in [-0.3, -0.25) is 19.4 Å². The second-order valence-corrected chi connectivity index (χ2v) is 8.24. The smallest absolute Gasteiger partial charge is 0.338 e. The van der Waals surface area contributed by atoms with Gasteiger partial charge >= 0.3 is 5.97 Å². The largest absolute Gasteiger partial charge is 0.451 e. The second kappa shape index (κ2) is 8.61. The van der Waals surface area contributed by atoms with Crippen LogP contribution in [0.4, 0.5) is 5.69 Å². The van der Waals surface area contributed by atoms with Gasteiger partial charge in [0.1, 0.15) is 0 Å². The molecule has 35 heavy (non-hydrogen) atoms. The lowest BCUT2D eigenvalue weighted by atomic mass is 10.0. The van der Waals surface area contributed by atoms with Crippen LogP contribution in [0.5, 0.6) is 0 Å². The number of esters is 1. The number of carbonyl (C=O) groups excluding carboxylic acids is 4. The average Bonchev–Trinajstić information content (AvgIpc) is 3.15. The Labute approximate surface area is 201 Å². The maximum atomic E-state index is 13.4. The summed E-state index contributed by atoms with van der Waals surface area (Å²) in [5.74, 6) is -2.04. The molecule has 1 aromatic heterocycles. The van der Waals surface area contributed by atoms with Crippen molar-refractivity contribution in [3.8, 4) is 0 Å². The lowest BCUT2D eigenvalue weighted by Crippen LogP contribution is -2.30. The number of anilines is 1. The van der Waals surface area contributed by atoms with E-state index in [-0.39, 0.29) is 22.6 Å². The third-order valence-electron chi connectivity index (χ3n) is 5.96. The second-order valence-electron chi connectivity index (χ2n) is 8.24. The summed E-state index contributed by atoms with van der Waals surface area (Å²) < 4.78 is 5.38. The van der Waals surface area contributed by atoms with Gasteiger partial charge < -0.3 is 4.74 Å². The van der Waals surface area contributed by atoms with E-state index in [9.17, 15) is 19.2 Å². The van der Waals surface area contributed by atoms with E-state index in [1.807, 2.05) is 6.07 Å². The molecule has 0 spiro atoms. The van der Waals surface area contributed by atoms with Crippen molar-refractivity contribution >= 4 is 40.2 Å². The number of hydrogen-bond donors (Lipinski definition) is 0. The first-order chi connectivity index (χ1) is 16.9. The van der Waals surface area contributed by atoms with Gasteiger partial charge in [-0.25, -0.2) is 9.69 Å². The van der Waals surface area contributed by atoms with E-state index < -0.39 is 23.9 Å². The van der Waals surface area contributed by atoms with Crippen LogP contribution in [0.2, 0.25) is 0 Å². The molecule has 0 bridgehead atoms. The minimum atomic E-state index is -1.01. The monoisotopic (exact) mass is 464 g/mol. The Hall–Kier alpha value is -4.65. The molecule has 7 heteroatoms. The van der Waals surface area contributed by atoms with Crippen LogP contribution in [-0.4, -0.2) is 34.7 Å². The summed E-state index contributed by atoms with van der Waals surface area (Å²) in [7, 11) is 0. The fraction of sp³-hybridized carbons (Fsp3) is 0.107. The fourth-order valence-electron chi connectivity index (χ4n) is 4.26. The molecule has 5 rings (SSSR count). The molecule has 172 valence electrons. The summed E-state index contributed by atoms with van der Waals surface area (Å²) in [6.45, 7) is 3.20. The van der Waals surface area contributed by atoms with Gasteiger partial charge in [0.15, 0.2) is 6.10 Å². The van der Waals surface area contributed by atoms with Gasteiger partial charge in [-0.15, -0.1) is 0 Å². The summed E-state index contributed by atoms with van der Waals surface area (Å²) >= 11 is 0. The average molecular weight is 464 g/mol. The van der Waals surface area contributed by atoms with E-state index in [1.165, 1.54) is 19.1 Å². The number of para-hydroxylation sites is 1. The summed E-state index contributed by atoms with van der Waals surface area (Å²) in [5, 5.41) is 0.595. The van der Waals surface area contributed by atoms with Gasteiger partial charge in [0.05, 0.1) is 33.6 Å². The minimum Gasteiger partial charge on any atom is -0.451 e. The van der Waals surface area contributed by atoms with Crippen molar-refractivity contribution in [1.82, 2.24) is 4.98 Å². The standard InChI is InChI=1S/C28H20N2O5/c1-16-23-24(21-13-6-7-14-22(21)29-16)27(33)30(26(23)32)20-12-8-11-19(15-20)28(34)35-17(2)25(31)18-9-4-3-5-10-18/h3-15,17H,1-2H3/t17-/m0/s1. The van der Waals surface area contributed by atoms with Crippen molar-refractivity contribution in [3.05, 3.63) is 107 Å². The van der Waals surface area contributed by atoms with Crippen LogP contribution in [0.25, 0.3) is 10.9 Å². The molecule has 1 aliphatic rings. The van der Waals surface area contributed by atoms with E-state index in [4.69, 9.17) is 4.74 Å². The lowest BCUT2D eigenvalue weighted by Gasteiger charge is -2.16. The molecule has 0 saturated carbocycles. The number of benzene rings is 3. The molecule has 0 radical (unpaired) electrons. The number of ether oxygens (including phenoxy) is 1. The Bertz CT molecular complexity index is 1530. The zero-order chi connectivity index (χ0) is 24.7. The Balaban J connectivity index is 1.44. The first-order valence-corrected chi connectivity index (χ1v) is 11.0. The lowest BCUT2D eigenvalue weighted by molar-refractivity contribution is 0.0318. The molecule has 3 aromatic carbocycles. The molecule has 2 heterocycles. The zero-order valence-electron chi connectivity index (χ0n) is 19.0. The molecule has 0 N–H and O–H groups in total.